The van der Waals surface area contributed by atoms with Crippen LogP contribution in [0.15, 0.2) is 34.9 Å². The summed E-state index contributed by atoms with van der Waals surface area (Å²) in [7, 11) is 1.65. The predicted molar refractivity (Wildman–Crippen MR) is 84.1 cm³/mol. The molecule has 0 saturated carbocycles. The summed E-state index contributed by atoms with van der Waals surface area (Å²) in [5.74, 6) is -0.194. The molecular weight excluding hydrogens is 310 g/mol. The van der Waals surface area contributed by atoms with Crippen LogP contribution >= 0.6 is 0 Å². The van der Waals surface area contributed by atoms with E-state index in [9.17, 15) is 14.4 Å². The van der Waals surface area contributed by atoms with E-state index in [-0.39, 0.29) is 30.7 Å². The van der Waals surface area contributed by atoms with Crippen LogP contribution < -0.4 is 0 Å². The van der Waals surface area contributed by atoms with Crippen LogP contribution in [0.2, 0.25) is 0 Å². The Balaban J connectivity index is 1.59. The number of imide groups is 1. The van der Waals surface area contributed by atoms with E-state index in [1.54, 1.807) is 44.3 Å². The lowest BCUT2D eigenvalue weighted by Crippen LogP contribution is -2.35. The molecule has 7 heteroatoms. The normalized spacial score (nSPS) is 13.3. The van der Waals surface area contributed by atoms with Gasteiger partial charge in [0.2, 0.25) is 5.91 Å². The van der Waals surface area contributed by atoms with Crippen LogP contribution in [0.25, 0.3) is 0 Å². The van der Waals surface area contributed by atoms with E-state index in [0.29, 0.717) is 29.1 Å². The highest BCUT2D eigenvalue weighted by molar-refractivity contribution is 6.21. The van der Waals surface area contributed by atoms with Crippen LogP contribution in [0.5, 0.6) is 0 Å². The molecule has 1 aromatic heterocycles. The number of rotatable bonds is 5. The number of fused-ring (bicyclic) bond motifs is 1. The molecule has 0 N–H and O–H groups in total. The number of amides is 3. The van der Waals surface area contributed by atoms with Crippen LogP contribution in [0, 0.1) is 6.92 Å². The van der Waals surface area contributed by atoms with Gasteiger partial charge >= 0.3 is 0 Å². The molecule has 7 nitrogen and oxygen atoms in total. The smallest absolute Gasteiger partial charge is 0.261 e. The highest BCUT2D eigenvalue weighted by Gasteiger charge is 2.35. The first kappa shape index (κ1) is 15.9. The fourth-order valence-electron chi connectivity index (χ4n) is 2.66. The highest BCUT2D eigenvalue weighted by atomic mass is 16.5. The van der Waals surface area contributed by atoms with E-state index < -0.39 is 0 Å². The van der Waals surface area contributed by atoms with Gasteiger partial charge in [-0.3, -0.25) is 19.3 Å². The Bertz CT molecular complexity index is 777. The van der Waals surface area contributed by atoms with Gasteiger partial charge in [0.25, 0.3) is 11.8 Å². The lowest BCUT2D eigenvalue weighted by atomic mass is 10.1. The van der Waals surface area contributed by atoms with Gasteiger partial charge in [-0.1, -0.05) is 17.3 Å². The van der Waals surface area contributed by atoms with Gasteiger partial charge in [0.05, 0.1) is 17.7 Å². The topological polar surface area (TPSA) is 83.7 Å². The van der Waals surface area contributed by atoms with Crippen LogP contribution in [0.3, 0.4) is 0 Å². The van der Waals surface area contributed by atoms with E-state index in [4.69, 9.17) is 4.52 Å². The molecule has 0 atom stereocenters. The molecule has 0 saturated heterocycles. The fraction of sp³-hybridized carbons (Fsp3) is 0.294. The summed E-state index contributed by atoms with van der Waals surface area (Å²) < 4.78 is 4.96. The van der Waals surface area contributed by atoms with E-state index in [2.05, 4.69) is 5.16 Å². The molecule has 1 aliphatic heterocycles. The van der Waals surface area contributed by atoms with Crippen molar-refractivity contribution in [2.75, 3.05) is 13.6 Å². The summed E-state index contributed by atoms with van der Waals surface area (Å²) in [6, 6.07) is 8.43. The van der Waals surface area contributed by atoms with Gasteiger partial charge in [-0.15, -0.1) is 0 Å². The minimum absolute atomic E-state index is 0.0629. The zero-order chi connectivity index (χ0) is 17.3. The van der Waals surface area contributed by atoms with Crippen LogP contribution in [-0.2, 0) is 11.3 Å². The van der Waals surface area contributed by atoms with Crippen molar-refractivity contribution in [2.24, 2.45) is 0 Å². The summed E-state index contributed by atoms with van der Waals surface area (Å²) in [5, 5.41) is 3.84. The van der Waals surface area contributed by atoms with Crippen LogP contribution in [-0.4, -0.2) is 46.3 Å². The molecular formula is C17H17N3O4. The van der Waals surface area contributed by atoms with E-state index in [0.717, 1.165) is 4.90 Å². The minimum atomic E-state index is -0.349. The maximum Gasteiger partial charge on any atom is 0.261 e. The Morgan fingerprint density at radius 1 is 1.21 bits per heavy atom. The Hall–Kier alpha value is -2.96. The summed E-state index contributed by atoms with van der Waals surface area (Å²) in [6.07, 6.45) is 0.0683. The molecule has 2 heterocycles. The van der Waals surface area contributed by atoms with E-state index >= 15 is 0 Å². The predicted octanol–water partition coefficient (Wildman–Crippen LogP) is 1.63. The number of hydrogen-bond acceptors (Lipinski definition) is 5. The number of aryl methyl sites for hydroxylation is 1. The molecule has 0 spiro atoms. The van der Waals surface area contributed by atoms with Crippen LogP contribution in [0.4, 0.5) is 0 Å². The maximum atomic E-state index is 12.2. The summed E-state index contributed by atoms with van der Waals surface area (Å²) >= 11 is 0. The zero-order valence-electron chi connectivity index (χ0n) is 13.5. The van der Waals surface area contributed by atoms with Gasteiger partial charge in [0.1, 0.15) is 11.5 Å². The molecule has 3 rings (SSSR count). The molecule has 1 aliphatic rings. The Morgan fingerprint density at radius 3 is 2.38 bits per heavy atom. The van der Waals surface area contributed by atoms with Gasteiger partial charge in [-0.05, 0) is 19.1 Å². The van der Waals surface area contributed by atoms with Crippen molar-refractivity contribution < 1.29 is 18.9 Å². The van der Waals surface area contributed by atoms with Crippen molar-refractivity contribution in [3.8, 4) is 0 Å². The molecule has 24 heavy (non-hydrogen) atoms. The van der Waals surface area contributed by atoms with Gasteiger partial charge in [-0.2, -0.15) is 0 Å². The van der Waals surface area contributed by atoms with Crippen molar-refractivity contribution >= 4 is 17.7 Å². The molecule has 1 aromatic carbocycles. The average molecular weight is 327 g/mol. The lowest BCUT2D eigenvalue weighted by Gasteiger charge is -2.18. The van der Waals surface area contributed by atoms with Crippen molar-refractivity contribution in [3.05, 3.63) is 52.9 Å². The number of carbonyl (C=O) groups excluding carboxylic acids is 3. The Morgan fingerprint density at radius 2 is 1.83 bits per heavy atom. The van der Waals surface area contributed by atoms with Gasteiger partial charge < -0.3 is 9.42 Å². The van der Waals surface area contributed by atoms with Gasteiger partial charge in [0, 0.05) is 26.1 Å². The van der Waals surface area contributed by atoms with Crippen molar-refractivity contribution in [3.63, 3.8) is 0 Å². The SMILES string of the molecule is Cc1cc(CN(C)C(=O)CCN2C(=O)c3ccccc3C2=O)no1. The van der Waals surface area contributed by atoms with Crippen molar-refractivity contribution in [2.45, 2.75) is 19.9 Å². The summed E-state index contributed by atoms with van der Waals surface area (Å²) in [5.41, 5.74) is 1.44. The molecule has 0 fully saturated rings. The average Bonchev–Trinajstić information content (AvgIpc) is 3.08. The first-order chi connectivity index (χ1) is 11.5. The zero-order valence-corrected chi connectivity index (χ0v) is 13.5. The molecule has 0 bridgehead atoms. The van der Waals surface area contributed by atoms with Crippen molar-refractivity contribution in [1.29, 1.82) is 0 Å². The molecule has 3 amide bonds. The maximum absolute atomic E-state index is 12.2. The second kappa shape index (κ2) is 6.27. The van der Waals surface area contributed by atoms with Gasteiger partial charge in [-0.25, -0.2) is 0 Å². The quantitative estimate of drug-likeness (QED) is 0.779. The molecule has 0 unspecified atom stereocenters. The molecule has 0 aliphatic carbocycles. The Kier molecular flexibility index (Phi) is 4.16. The third kappa shape index (κ3) is 2.92. The highest BCUT2D eigenvalue weighted by Crippen LogP contribution is 2.22. The summed E-state index contributed by atoms with van der Waals surface area (Å²) in [6.45, 7) is 2.16. The standard InChI is InChI=1S/C17H17N3O4/c1-11-9-12(18-24-11)10-19(2)15(21)7-8-20-16(22)13-5-3-4-6-14(13)17(20)23/h3-6,9H,7-8,10H2,1-2H3. The first-order valence-corrected chi connectivity index (χ1v) is 7.58. The number of aromatic nitrogens is 1. The third-order valence-electron chi connectivity index (χ3n) is 3.93. The van der Waals surface area contributed by atoms with E-state index in [1.807, 2.05) is 0 Å². The molecule has 124 valence electrons. The first-order valence-electron chi connectivity index (χ1n) is 7.58. The number of benzene rings is 1. The minimum Gasteiger partial charge on any atom is -0.361 e. The molecule has 0 radical (unpaired) electrons. The summed E-state index contributed by atoms with van der Waals surface area (Å²) in [4.78, 5) is 39.3. The second-order valence-electron chi connectivity index (χ2n) is 5.74. The number of nitrogens with zero attached hydrogens (tertiary/aromatic N) is 3. The number of hydrogen-bond donors (Lipinski definition) is 0. The monoisotopic (exact) mass is 327 g/mol. The largest absolute Gasteiger partial charge is 0.361 e. The fourth-order valence-corrected chi connectivity index (χ4v) is 2.66. The third-order valence-corrected chi connectivity index (χ3v) is 3.93. The van der Waals surface area contributed by atoms with E-state index in [1.165, 1.54) is 4.90 Å². The second-order valence-corrected chi connectivity index (χ2v) is 5.74. The van der Waals surface area contributed by atoms with Crippen molar-refractivity contribution in [1.82, 2.24) is 15.0 Å². The Labute approximate surface area is 138 Å². The number of carbonyl (C=O) groups is 3. The van der Waals surface area contributed by atoms with Crippen LogP contribution in [0.1, 0.15) is 38.6 Å². The van der Waals surface area contributed by atoms with Gasteiger partial charge in [0.15, 0.2) is 0 Å². The molecule has 2 aromatic rings. The lowest BCUT2D eigenvalue weighted by molar-refractivity contribution is -0.130.